The molecule has 0 fully saturated rings. The standard InChI is InChI=1S/C5H8N4O3/c6-1-2-12-5-3-4(7-8-5)9(10)11/h3H,1-2,6H2,(H,7,8). The summed E-state index contributed by atoms with van der Waals surface area (Å²) in [6, 6.07) is 1.20. The number of nitro groups is 1. The Kier molecular flexibility index (Phi) is 2.59. The van der Waals surface area contributed by atoms with Crippen LogP contribution in [0.2, 0.25) is 0 Å². The quantitative estimate of drug-likeness (QED) is 0.477. The zero-order chi connectivity index (χ0) is 8.97. The molecule has 12 heavy (non-hydrogen) atoms. The Morgan fingerprint density at radius 1 is 1.83 bits per heavy atom. The summed E-state index contributed by atoms with van der Waals surface area (Å²) in [6.45, 7) is 0.642. The van der Waals surface area contributed by atoms with E-state index < -0.39 is 4.92 Å². The molecule has 0 spiro atoms. The highest BCUT2D eigenvalue weighted by atomic mass is 16.6. The maximum atomic E-state index is 10.1. The topological polar surface area (TPSA) is 107 Å². The minimum atomic E-state index is -0.581. The Hall–Kier alpha value is -1.63. The first-order valence-corrected chi connectivity index (χ1v) is 3.26. The fourth-order valence-corrected chi connectivity index (χ4v) is 0.625. The number of aromatic nitrogens is 2. The third-order valence-corrected chi connectivity index (χ3v) is 1.11. The van der Waals surface area contributed by atoms with Crippen LogP contribution in [0.4, 0.5) is 5.82 Å². The van der Waals surface area contributed by atoms with E-state index >= 15 is 0 Å². The minimum absolute atomic E-state index is 0.187. The largest absolute Gasteiger partial charge is 0.474 e. The molecule has 0 unspecified atom stereocenters. The highest BCUT2D eigenvalue weighted by Gasteiger charge is 2.09. The van der Waals surface area contributed by atoms with Crippen LogP contribution in [-0.4, -0.2) is 28.3 Å². The molecule has 0 saturated heterocycles. The number of aromatic amines is 1. The van der Waals surface area contributed by atoms with E-state index in [0.717, 1.165) is 0 Å². The van der Waals surface area contributed by atoms with Crippen LogP contribution in [-0.2, 0) is 0 Å². The van der Waals surface area contributed by atoms with Crippen LogP contribution in [0.15, 0.2) is 6.07 Å². The van der Waals surface area contributed by atoms with E-state index in [2.05, 4.69) is 10.2 Å². The summed E-state index contributed by atoms with van der Waals surface area (Å²) in [5.74, 6) is -0.00540. The molecule has 0 bridgehead atoms. The lowest BCUT2D eigenvalue weighted by atomic mass is 10.6. The van der Waals surface area contributed by atoms with Crippen molar-refractivity contribution in [1.82, 2.24) is 10.2 Å². The highest BCUT2D eigenvalue weighted by Crippen LogP contribution is 2.13. The number of nitrogens with zero attached hydrogens (tertiary/aromatic N) is 2. The normalized spacial score (nSPS) is 9.75. The van der Waals surface area contributed by atoms with Crippen molar-refractivity contribution in [2.75, 3.05) is 13.2 Å². The van der Waals surface area contributed by atoms with Crippen molar-refractivity contribution in [2.45, 2.75) is 0 Å². The summed E-state index contributed by atoms with van der Waals surface area (Å²) >= 11 is 0. The predicted octanol–water partition coefficient (Wildman–Crippen LogP) is -0.345. The average molecular weight is 172 g/mol. The van der Waals surface area contributed by atoms with Crippen LogP contribution < -0.4 is 10.5 Å². The third-order valence-electron chi connectivity index (χ3n) is 1.11. The molecule has 66 valence electrons. The molecule has 0 atom stereocenters. The molecule has 0 aliphatic heterocycles. The van der Waals surface area contributed by atoms with Crippen LogP contribution in [0, 0.1) is 10.1 Å². The maximum Gasteiger partial charge on any atom is 0.346 e. The lowest BCUT2D eigenvalue weighted by molar-refractivity contribution is -0.389. The molecule has 1 rings (SSSR count). The molecular weight excluding hydrogens is 164 g/mol. The Morgan fingerprint density at radius 2 is 2.58 bits per heavy atom. The van der Waals surface area contributed by atoms with Crippen molar-refractivity contribution in [3.05, 3.63) is 16.2 Å². The van der Waals surface area contributed by atoms with Gasteiger partial charge in [0.1, 0.15) is 6.61 Å². The molecule has 7 nitrogen and oxygen atoms in total. The molecule has 0 amide bonds. The van der Waals surface area contributed by atoms with E-state index in [9.17, 15) is 10.1 Å². The van der Waals surface area contributed by atoms with Crippen LogP contribution >= 0.6 is 0 Å². The minimum Gasteiger partial charge on any atom is -0.474 e. The summed E-state index contributed by atoms with van der Waals surface area (Å²) in [7, 11) is 0. The highest BCUT2D eigenvalue weighted by molar-refractivity contribution is 5.24. The summed E-state index contributed by atoms with van der Waals surface area (Å²) in [5.41, 5.74) is 5.15. The average Bonchev–Trinajstić information content (AvgIpc) is 2.48. The van der Waals surface area contributed by atoms with Gasteiger partial charge in [-0.15, -0.1) is 5.10 Å². The van der Waals surface area contributed by atoms with Gasteiger partial charge in [-0.3, -0.25) is 0 Å². The molecule has 0 radical (unpaired) electrons. The number of ether oxygens (including phenoxy) is 1. The van der Waals surface area contributed by atoms with Gasteiger partial charge in [-0.05, 0) is 10.0 Å². The maximum absolute atomic E-state index is 10.1. The Labute approximate surface area is 67.7 Å². The predicted molar refractivity (Wildman–Crippen MR) is 39.8 cm³/mol. The lowest BCUT2D eigenvalue weighted by Gasteiger charge is -1.94. The van der Waals surface area contributed by atoms with Gasteiger partial charge in [0.05, 0.1) is 6.07 Å². The molecular formula is C5H8N4O3. The Morgan fingerprint density at radius 3 is 3.08 bits per heavy atom. The molecule has 3 N–H and O–H groups in total. The van der Waals surface area contributed by atoms with Crippen LogP contribution in [0.1, 0.15) is 0 Å². The van der Waals surface area contributed by atoms with Crippen LogP contribution in [0.25, 0.3) is 0 Å². The van der Waals surface area contributed by atoms with Gasteiger partial charge in [-0.2, -0.15) is 0 Å². The van der Waals surface area contributed by atoms with E-state index in [1.54, 1.807) is 0 Å². The van der Waals surface area contributed by atoms with E-state index in [1.807, 2.05) is 0 Å². The number of nitrogens with one attached hydrogen (secondary N) is 1. The van der Waals surface area contributed by atoms with E-state index in [1.165, 1.54) is 6.07 Å². The van der Waals surface area contributed by atoms with Crippen molar-refractivity contribution < 1.29 is 9.66 Å². The van der Waals surface area contributed by atoms with Gasteiger partial charge in [-0.25, -0.2) is 0 Å². The van der Waals surface area contributed by atoms with E-state index in [-0.39, 0.29) is 11.7 Å². The van der Waals surface area contributed by atoms with Gasteiger partial charge >= 0.3 is 5.82 Å². The zero-order valence-electron chi connectivity index (χ0n) is 6.19. The summed E-state index contributed by atoms with van der Waals surface area (Å²) in [5, 5.41) is 15.9. The Bertz CT molecular complexity index is 271. The molecule has 7 heteroatoms. The van der Waals surface area contributed by atoms with Crippen molar-refractivity contribution in [3.8, 4) is 5.88 Å². The summed E-state index contributed by atoms with van der Waals surface area (Å²) in [6.07, 6.45) is 0. The molecule has 1 aromatic heterocycles. The van der Waals surface area contributed by atoms with Crippen molar-refractivity contribution in [3.63, 3.8) is 0 Å². The first-order valence-electron chi connectivity index (χ1n) is 3.26. The zero-order valence-corrected chi connectivity index (χ0v) is 6.19. The fourth-order valence-electron chi connectivity index (χ4n) is 0.625. The van der Waals surface area contributed by atoms with Crippen LogP contribution in [0.5, 0.6) is 5.88 Å². The van der Waals surface area contributed by atoms with Gasteiger partial charge in [-0.1, -0.05) is 0 Å². The van der Waals surface area contributed by atoms with Gasteiger partial charge < -0.3 is 20.6 Å². The van der Waals surface area contributed by atoms with Crippen molar-refractivity contribution >= 4 is 5.82 Å². The van der Waals surface area contributed by atoms with E-state index in [4.69, 9.17) is 10.5 Å². The lowest BCUT2D eigenvalue weighted by Crippen LogP contribution is -2.10. The SMILES string of the molecule is NCCOc1cc([N+](=O)[O-])[nH]n1. The van der Waals surface area contributed by atoms with Gasteiger partial charge in [0.25, 0.3) is 5.88 Å². The number of nitrogens with two attached hydrogens (primary N) is 1. The second-order valence-electron chi connectivity index (χ2n) is 1.99. The fraction of sp³-hybridized carbons (Fsp3) is 0.400. The second kappa shape index (κ2) is 3.67. The number of rotatable bonds is 4. The Balaban J connectivity index is 2.58. The van der Waals surface area contributed by atoms with Gasteiger partial charge in [0.2, 0.25) is 0 Å². The van der Waals surface area contributed by atoms with Crippen LogP contribution in [0.3, 0.4) is 0 Å². The molecule has 0 aromatic carbocycles. The third kappa shape index (κ3) is 1.92. The number of H-pyrrole nitrogens is 1. The molecule has 0 saturated carbocycles. The van der Waals surface area contributed by atoms with Gasteiger partial charge in [0.15, 0.2) is 0 Å². The number of hydrogen-bond acceptors (Lipinski definition) is 5. The molecule has 0 aliphatic carbocycles. The molecule has 1 aromatic rings. The smallest absolute Gasteiger partial charge is 0.346 e. The van der Waals surface area contributed by atoms with Crippen molar-refractivity contribution in [2.24, 2.45) is 5.73 Å². The van der Waals surface area contributed by atoms with Crippen molar-refractivity contribution in [1.29, 1.82) is 0 Å². The summed E-state index contributed by atoms with van der Waals surface area (Å²) in [4.78, 5) is 9.56. The monoisotopic (exact) mass is 172 g/mol. The first-order chi connectivity index (χ1) is 5.74. The van der Waals surface area contributed by atoms with E-state index in [0.29, 0.717) is 13.2 Å². The number of hydrogen-bond donors (Lipinski definition) is 2. The first kappa shape index (κ1) is 8.47. The van der Waals surface area contributed by atoms with Gasteiger partial charge in [0, 0.05) is 6.54 Å². The summed E-state index contributed by atoms with van der Waals surface area (Å²) < 4.78 is 4.91. The second-order valence-corrected chi connectivity index (χ2v) is 1.99. The molecule has 1 heterocycles. The molecule has 0 aliphatic rings.